The van der Waals surface area contributed by atoms with Crippen LogP contribution in [-0.4, -0.2) is 51.1 Å². The molecule has 230 valence electrons. The number of carbonyl (C=O) groups is 1. The number of anilines is 1. The Morgan fingerprint density at radius 1 is 1.12 bits per heavy atom. The van der Waals surface area contributed by atoms with Crippen molar-refractivity contribution in [2.45, 2.75) is 127 Å². The molecule has 1 aliphatic carbocycles. The van der Waals surface area contributed by atoms with Gasteiger partial charge in [0.25, 0.3) is 0 Å². The lowest BCUT2D eigenvalue weighted by Gasteiger charge is -2.45. The number of nitrogens with one attached hydrogen (secondary N) is 1. The molecule has 0 aliphatic heterocycles. The van der Waals surface area contributed by atoms with E-state index in [0.29, 0.717) is 39.5 Å². The Morgan fingerprint density at radius 2 is 1.76 bits per heavy atom. The van der Waals surface area contributed by atoms with E-state index in [1.807, 2.05) is 11.4 Å². The molecule has 0 spiro atoms. The third-order valence-electron chi connectivity index (χ3n) is 9.49. The van der Waals surface area contributed by atoms with Crippen LogP contribution in [-0.2, 0) is 14.2 Å². The maximum absolute atomic E-state index is 13.5. The van der Waals surface area contributed by atoms with Gasteiger partial charge in [-0.3, -0.25) is 4.79 Å². The average Bonchev–Trinajstić information content (AvgIpc) is 3.51. The van der Waals surface area contributed by atoms with Crippen molar-refractivity contribution in [1.29, 1.82) is 0 Å². The fraction of sp³-hybridized carbons (Fsp3) is 0.710. The summed E-state index contributed by atoms with van der Waals surface area (Å²) in [5, 5.41) is 6.55. The van der Waals surface area contributed by atoms with E-state index in [9.17, 15) is 4.79 Å². The van der Waals surface area contributed by atoms with Gasteiger partial charge >= 0.3 is 0 Å². The third-order valence-corrected chi connectivity index (χ3v) is 21.7. The van der Waals surface area contributed by atoms with E-state index in [1.165, 1.54) is 17.7 Å². The molecule has 0 saturated heterocycles. The van der Waals surface area contributed by atoms with Gasteiger partial charge in [0.2, 0.25) is 14.1 Å². The molecule has 1 saturated carbocycles. The number of carbonyl (C=O) groups excluding carboxylic acids is 1. The number of alkyl halides is 1. The second kappa shape index (κ2) is 13.8. The van der Waals surface area contributed by atoms with E-state index >= 15 is 0 Å². The summed E-state index contributed by atoms with van der Waals surface area (Å²) in [7, 11) is -4.01. The molecule has 0 radical (unpaired) electrons. The normalized spacial score (nSPS) is 20.4. The zero-order chi connectivity index (χ0) is 30.8. The van der Waals surface area contributed by atoms with E-state index in [4.69, 9.17) is 8.85 Å². The molecule has 1 aliphatic rings. The van der Waals surface area contributed by atoms with Gasteiger partial charge in [0, 0.05) is 30.1 Å². The summed E-state index contributed by atoms with van der Waals surface area (Å²) in [6, 6.07) is 2.08. The monoisotopic (exact) mass is 681 g/mol. The van der Waals surface area contributed by atoms with Gasteiger partial charge in [0.15, 0.2) is 8.32 Å². The van der Waals surface area contributed by atoms with Crippen molar-refractivity contribution in [1.82, 2.24) is 9.97 Å². The minimum absolute atomic E-state index is 0.0419. The van der Waals surface area contributed by atoms with Gasteiger partial charge in [0.1, 0.15) is 12.1 Å². The molecule has 3 atom stereocenters. The van der Waals surface area contributed by atoms with Gasteiger partial charge in [-0.15, -0.1) is 11.3 Å². The fourth-order valence-corrected chi connectivity index (χ4v) is 14.3. The largest absolute Gasteiger partial charge is 0.416 e. The maximum atomic E-state index is 13.5. The zero-order valence-corrected chi connectivity index (χ0v) is 31.4. The van der Waals surface area contributed by atoms with Crippen LogP contribution >= 0.6 is 27.3 Å². The first-order chi connectivity index (χ1) is 19.0. The lowest BCUT2D eigenvalue weighted by Crippen LogP contribution is -2.51. The molecule has 41 heavy (non-hydrogen) atoms. The minimum atomic E-state index is -2.10. The van der Waals surface area contributed by atoms with Crippen LogP contribution in [0.25, 0.3) is 0 Å². The summed E-state index contributed by atoms with van der Waals surface area (Å²) in [5.74, 6) is 0.845. The number of rotatable bonds is 13. The van der Waals surface area contributed by atoms with Crippen molar-refractivity contribution in [3.05, 3.63) is 40.0 Å². The Kier molecular flexibility index (Phi) is 11.6. The third kappa shape index (κ3) is 7.79. The van der Waals surface area contributed by atoms with Crippen LogP contribution in [0.1, 0.15) is 96.0 Å². The molecule has 0 aromatic carbocycles. The molecule has 10 heteroatoms. The van der Waals surface area contributed by atoms with Gasteiger partial charge in [-0.1, -0.05) is 78.2 Å². The quantitative estimate of drug-likeness (QED) is 0.129. The Hall–Kier alpha value is -0.916. The highest BCUT2D eigenvalue weighted by molar-refractivity contribution is 9.08. The zero-order valence-electron chi connectivity index (χ0n) is 27.0. The highest BCUT2D eigenvalue weighted by atomic mass is 79.9. The van der Waals surface area contributed by atoms with Gasteiger partial charge in [-0.25, -0.2) is 9.97 Å². The van der Waals surface area contributed by atoms with E-state index in [1.54, 1.807) is 6.20 Å². The van der Waals surface area contributed by atoms with Crippen LogP contribution in [0.15, 0.2) is 24.0 Å². The Labute approximate surface area is 263 Å². The van der Waals surface area contributed by atoms with Gasteiger partial charge < -0.3 is 14.2 Å². The molecular weight excluding hydrogens is 631 g/mol. The summed E-state index contributed by atoms with van der Waals surface area (Å²) in [6.07, 6.45) is 5.06. The number of aromatic nitrogens is 2. The van der Waals surface area contributed by atoms with Crippen molar-refractivity contribution < 1.29 is 13.6 Å². The van der Waals surface area contributed by atoms with Gasteiger partial charge in [-0.2, -0.15) is 0 Å². The predicted octanol–water partition coefficient (Wildman–Crippen LogP) is 9.44. The molecule has 1 fully saturated rings. The fourth-order valence-electron chi connectivity index (χ4n) is 6.23. The van der Waals surface area contributed by atoms with Crippen LogP contribution in [0.4, 0.5) is 5.82 Å². The van der Waals surface area contributed by atoms with Gasteiger partial charge in [0.05, 0.1) is 16.5 Å². The van der Waals surface area contributed by atoms with Crippen LogP contribution < -0.4 is 5.32 Å². The lowest BCUT2D eigenvalue weighted by atomic mass is 10.1. The summed E-state index contributed by atoms with van der Waals surface area (Å²) in [6.45, 7) is 26.3. The second-order valence-electron chi connectivity index (χ2n) is 14.2. The summed E-state index contributed by atoms with van der Waals surface area (Å²) < 4.78 is 14.2. The molecule has 2 aromatic rings. The summed E-state index contributed by atoms with van der Waals surface area (Å²) >= 11 is 4.95. The first-order valence-corrected chi connectivity index (χ1v) is 22.1. The van der Waals surface area contributed by atoms with Crippen molar-refractivity contribution >= 4 is 55.5 Å². The van der Waals surface area contributed by atoms with Crippen molar-refractivity contribution in [2.24, 2.45) is 5.92 Å². The molecule has 3 rings (SSSR count). The molecule has 0 unspecified atom stereocenters. The first-order valence-electron chi connectivity index (χ1n) is 15.1. The molecule has 2 heterocycles. The topological polar surface area (TPSA) is 73.3 Å². The summed E-state index contributed by atoms with van der Waals surface area (Å²) in [5.41, 5.74) is 3.15. The van der Waals surface area contributed by atoms with Crippen molar-refractivity contribution in [2.75, 3.05) is 11.9 Å². The van der Waals surface area contributed by atoms with Crippen molar-refractivity contribution in [3.8, 4) is 0 Å². The van der Waals surface area contributed by atoms with E-state index in [0.717, 1.165) is 23.7 Å². The molecule has 1 N–H and O–H groups in total. The second-order valence-corrected chi connectivity index (χ2v) is 25.9. The molecule has 2 aromatic heterocycles. The van der Waals surface area contributed by atoms with E-state index < -0.39 is 16.6 Å². The maximum Gasteiger partial charge on any atom is 0.208 e. The summed E-state index contributed by atoms with van der Waals surface area (Å²) in [4.78, 5) is 22.9. The number of ketones is 1. The SMILES string of the molecule is CC(C)[Si](O[C@H]1C[C@H](Nc2ncncc2C(=O)c2cc(CBr)cs2)C[C@@H]1CO[Si](C)(C)C(C)(C)C)(C(C)C)C(C)C. The number of nitrogens with zero attached hydrogens (tertiary/aromatic N) is 2. The van der Waals surface area contributed by atoms with Gasteiger partial charge in [-0.05, 0) is 64.6 Å². The first kappa shape index (κ1) is 34.6. The van der Waals surface area contributed by atoms with Crippen LogP contribution in [0.2, 0.25) is 34.8 Å². The van der Waals surface area contributed by atoms with Crippen LogP contribution in [0.3, 0.4) is 0 Å². The number of hydrogen-bond donors (Lipinski definition) is 1. The lowest BCUT2D eigenvalue weighted by molar-refractivity contribution is 0.0971. The number of hydrogen-bond acceptors (Lipinski definition) is 7. The smallest absolute Gasteiger partial charge is 0.208 e. The van der Waals surface area contributed by atoms with E-state index in [2.05, 4.69) is 107 Å². The molecule has 0 bridgehead atoms. The molecular formula is C31H52BrN3O3SSi2. The minimum Gasteiger partial charge on any atom is -0.416 e. The standard InChI is InChI=1S/C31H52BrN3O3SSi2/c1-20(2)41(21(3)4,22(5)6)38-27-14-25(13-24(27)17-37-40(10,11)31(7,8)9)35-30-26(16-33-19-34-30)29(36)28-12-23(15-32)18-39-28/h12,16,18-22,24-25,27H,13-15,17H2,1-11H3,(H,33,34,35)/t24-,25-,27+/m1/s1. The van der Waals surface area contributed by atoms with E-state index in [-0.39, 0.29) is 28.9 Å². The van der Waals surface area contributed by atoms with Crippen molar-refractivity contribution in [3.63, 3.8) is 0 Å². The average molecular weight is 683 g/mol. The Balaban J connectivity index is 1.89. The number of thiophene rings is 1. The number of halogens is 1. The molecule has 0 amide bonds. The Bertz CT molecular complexity index is 1140. The highest BCUT2D eigenvalue weighted by Crippen LogP contribution is 2.46. The van der Waals surface area contributed by atoms with Crippen LogP contribution in [0.5, 0.6) is 0 Å². The highest BCUT2D eigenvalue weighted by Gasteiger charge is 2.50. The molecule has 6 nitrogen and oxygen atoms in total. The Morgan fingerprint density at radius 3 is 2.29 bits per heavy atom. The predicted molar refractivity (Wildman–Crippen MR) is 182 cm³/mol. The van der Waals surface area contributed by atoms with Crippen LogP contribution in [0, 0.1) is 5.92 Å².